The largest absolute Gasteiger partial charge is 0.492 e. The first kappa shape index (κ1) is 22.2. The van der Waals surface area contributed by atoms with Gasteiger partial charge >= 0.3 is 0 Å². The maximum Gasteiger partial charge on any atom is 0.265 e. The number of ether oxygens (including phenoxy) is 1. The second-order valence-corrected chi connectivity index (χ2v) is 8.77. The van der Waals surface area contributed by atoms with Gasteiger partial charge in [-0.15, -0.1) is 0 Å². The first-order valence-electron chi connectivity index (χ1n) is 10.2. The minimum absolute atomic E-state index is 0.0652. The summed E-state index contributed by atoms with van der Waals surface area (Å²) >= 11 is 8.63. The second-order valence-electron chi connectivity index (χ2n) is 7.47. The van der Waals surface area contributed by atoms with Crippen molar-refractivity contribution in [2.45, 2.75) is 20.4 Å². The third-order valence-electron chi connectivity index (χ3n) is 5.30. The topological polar surface area (TPSA) is 63.6 Å². The van der Waals surface area contributed by atoms with Gasteiger partial charge in [-0.25, -0.2) is 0 Å². The number of nitrogens with one attached hydrogen (secondary N) is 1. The number of hydrogen-bond donors (Lipinski definition) is 1. The van der Waals surface area contributed by atoms with E-state index in [0.717, 1.165) is 26.7 Å². The molecule has 0 bridgehead atoms. The first-order chi connectivity index (χ1) is 15.4. The monoisotopic (exact) mass is 511 g/mol. The number of benzene rings is 2. The lowest BCUT2D eigenvalue weighted by Crippen LogP contribution is -2.53. The van der Waals surface area contributed by atoms with E-state index in [2.05, 4.69) is 25.8 Å². The number of halogens is 1. The molecule has 6 nitrogen and oxygen atoms in total. The fraction of sp³-hybridized carbons (Fsp3) is 0.208. The molecular formula is C24H22BrN3O3S. The van der Waals surface area contributed by atoms with Gasteiger partial charge in [0.05, 0.1) is 6.54 Å². The average molecular weight is 512 g/mol. The van der Waals surface area contributed by atoms with E-state index in [1.165, 1.54) is 10.5 Å². The van der Waals surface area contributed by atoms with Gasteiger partial charge in [-0.2, -0.15) is 0 Å². The molecule has 0 atom stereocenters. The van der Waals surface area contributed by atoms with E-state index in [1.54, 1.807) is 6.08 Å². The molecule has 2 aromatic carbocycles. The van der Waals surface area contributed by atoms with Crippen LogP contribution in [-0.4, -0.2) is 39.5 Å². The van der Waals surface area contributed by atoms with E-state index in [1.807, 2.05) is 62.5 Å². The van der Waals surface area contributed by atoms with Crippen LogP contribution in [0, 0.1) is 6.92 Å². The van der Waals surface area contributed by atoms with Crippen molar-refractivity contribution in [3.05, 3.63) is 69.8 Å². The number of fused-ring (bicyclic) bond motifs is 1. The van der Waals surface area contributed by atoms with Gasteiger partial charge in [0.2, 0.25) is 0 Å². The molecule has 164 valence electrons. The minimum atomic E-state index is -0.483. The smallest absolute Gasteiger partial charge is 0.265 e. The van der Waals surface area contributed by atoms with Gasteiger partial charge in [0.25, 0.3) is 11.8 Å². The highest BCUT2D eigenvalue weighted by atomic mass is 79.9. The Balaban J connectivity index is 1.65. The summed E-state index contributed by atoms with van der Waals surface area (Å²) in [6.07, 6.45) is 3.57. The van der Waals surface area contributed by atoms with Gasteiger partial charge in [-0.05, 0) is 62.5 Å². The minimum Gasteiger partial charge on any atom is -0.492 e. The van der Waals surface area contributed by atoms with Crippen LogP contribution in [0.2, 0.25) is 0 Å². The fourth-order valence-corrected chi connectivity index (χ4v) is 4.30. The zero-order chi connectivity index (χ0) is 22.8. The zero-order valence-electron chi connectivity index (χ0n) is 17.7. The molecule has 4 rings (SSSR count). The molecule has 0 unspecified atom stereocenters. The van der Waals surface area contributed by atoms with Crippen LogP contribution in [0.15, 0.2) is 58.7 Å². The van der Waals surface area contributed by atoms with E-state index in [9.17, 15) is 9.59 Å². The maximum absolute atomic E-state index is 12.8. The number of thiocarbonyl (C=S) groups is 1. The number of carbonyl (C=O) groups excluding carboxylic acids is 2. The Morgan fingerprint density at radius 1 is 1.16 bits per heavy atom. The van der Waals surface area contributed by atoms with Crippen molar-refractivity contribution in [2.75, 3.05) is 13.2 Å². The predicted molar refractivity (Wildman–Crippen MR) is 132 cm³/mol. The Morgan fingerprint density at radius 2 is 1.91 bits per heavy atom. The van der Waals surface area contributed by atoms with Crippen LogP contribution in [0.1, 0.15) is 18.1 Å². The molecule has 1 saturated heterocycles. The molecule has 1 N–H and O–H groups in total. The summed E-state index contributed by atoms with van der Waals surface area (Å²) in [5, 5.41) is 3.66. The first-order valence-corrected chi connectivity index (χ1v) is 11.4. The standard InChI is InChI=1S/C24H22BrN3O3S/c1-3-28-23(30)20(22(29)26-24(28)32)12-16-14-27(21-9-6-17(25)13-19(16)21)10-11-31-18-7-4-15(2)5-8-18/h4-9,12-14H,3,10-11H2,1-2H3,(H,26,29,32)/b20-12+. The highest BCUT2D eigenvalue weighted by Gasteiger charge is 2.32. The molecule has 1 aliphatic rings. The van der Waals surface area contributed by atoms with Crippen LogP contribution in [0.3, 0.4) is 0 Å². The number of nitrogens with zero attached hydrogens (tertiary/aromatic N) is 2. The van der Waals surface area contributed by atoms with Crippen molar-refractivity contribution in [3.8, 4) is 5.75 Å². The molecule has 8 heteroatoms. The van der Waals surface area contributed by atoms with Crippen LogP contribution >= 0.6 is 28.1 Å². The molecule has 0 aliphatic carbocycles. The van der Waals surface area contributed by atoms with E-state index in [4.69, 9.17) is 17.0 Å². The van der Waals surface area contributed by atoms with Gasteiger partial charge in [-0.1, -0.05) is 33.6 Å². The Bertz CT molecular complexity index is 1250. The van der Waals surface area contributed by atoms with E-state index < -0.39 is 5.91 Å². The molecule has 2 amide bonds. The van der Waals surface area contributed by atoms with Crippen LogP contribution in [-0.2, 0) is 16.1 Å². The molecule has 0 spiro atoms. The van der Waals surface area contributed by atoms with Gasteiger partial charge in [0, 0.05) is 33.7 Å². The molecular weight excluding hydrogens is 490 g/mol. The molecule has 0 radical (unpaired) electrons. The van der Waals surface area contributed by atoms with Gasteiger partial charge in [-0.3, -0.25) is 19.8 Å². The lowest BCUT2D eigenvalue weighted by Gasteiger charge is -2.27. The van der Waals surface area contributed by atoms with Gasteiger partial charge in [0.15, 0.2) is 5.11 Å². The summed E-state index contributed by atoms with van der Waals surface area (Å²) in [5.41, 5.74) is 3.01. The van der Waals surface area contributed by atoms with Gasteiger partial charge in [0.1, 0.15) is 17.9 Å². The fourth-order valence-electron chi connectivity index (χ4n) is 3.63. The molecule has 0 saturated carbocycles. The summed E-state index contributed by atoms with van der Waals surface area (Å²) in [4.78, 5) is 26.7. The summed E-state index contributed by atoms with van der Waals surface area (Å²) in [7, 11) is 0. The van der Waals surface area contributed by atoms with Crippen LogP contribution in [0.5, 0.6) is 5.75 Å². The number of hydrogen-bond acceptors (Lipinski definition) is 4. The predicted octanol–water partition coefficient (Wildman–Crippen LogP) is 4.44. The number of aromatic nitrogens is 1. The summed E-state index contributed by atoms with van der Waals surface area (Å²) in [6, 6.07) is 13.9. The maximum atomic E-state index is 12.8. The van der Waals surface area contributed by atoms with E-state index in [0.29, 0.717) is 19.7 Å². The molecule has 3 aromatic rings. The molecule has 1 fully saturated rings. The highest BCUT2D eigenvalue weighted by Crippen LogP contribution is 2.28. The average Bonchev–Trinajstić information content (AvgIpc) is 3.09. The quantitative estimate of drug-likeness (QED) is 0.302. The number of aryl methyl sites for hydroxylation is 1. The number of carbonyl (C=O) groups is 2. The Kier molecular flexibility index (Phi) is 6.43. The van der Waals surface area contributed by atoms with Crippen molar-refractivity contribution in [1.82, 2.24) is 14.8 Å². The summed E-state index contributed by atoms with van der Waals surface area (Å²) in [6.45, 7) is 5.33. The van der Waals surface area contributed by atoms with Crippen molar-refractivity contribution in [1.29, 1.82) is 0 Å². The summed E-state index contributed by atoms with van der Waals surface area (Å²) in [5.74, 6) is -0.0552. The third kappa shape index (κ3) is 4.47. The number of rotatable bonds is 6. The Hall–Kier alpha value is -2.97. The van der Waals surface area contributed by atoms with Crippen molar-refractivity contribution in [2.24, 2.45) is 0 Å². The third-order valence-corrected chi connectivity index (χ3v) is 6.11. The SMILES string of the molecule is CCN1C(=O)/C(=C/c2cn(CCOc3ccc(C)cc3)c3ccc(Br)cc23)C(=O)NC1=S. The zero-order valence-corrected chi connectivity index (χ0v) is 20.1. The van der Waals surface area contributed by atoms with Crippen LogP contribution in [0.4, 0.5) is 0 Å². The normalized spacial score (nSPS) is 15.5. The van der Waals surface area contributed by atoms with Crippen molar-refractivity contribution < 1.29 is 14.3 Å². The number of amides is 2. The molecule has 2 heterocycles. The van der Waals surface area contributed by atoms with Gasteiger partial charge < -0.3 is 9.30 Å². The van der Waals surface area contributed by atoms with Crippen LogP contribution in [0.25, 0.3) is 17.0 Å². The highest BCUT2D eigenvalue weighted by molar-refractivity contribution is 9.10. The lowest BCUT2D eigenvalue weighted by atomic mass is 10.1. The van der Waals surface area contributed by atoms with Crippen LogP contribution < -0.4 is 10.1 Å². The lowest BCUT2D eigenvalue weighted by molar-refractivity contribution is -0.128. The molecule has 32 heavy (non-hydrogen) atoms. The second kappa shape index (κ2) is 9.26. The molecule has 1 aromatic heterocycles. The van der Waals surface area contributed by atoms with E-state index in [-0.39, 0.29) is 16.6 Å². The Labute approximate surface area is 200 Å². The summed E-state index contributed by atoms with van der Waals surface area (Å²) < 4.78 is 8.86. The Morgan fingerprint density at radius 3 is 2.62 bits per heavy atom. The molecule has 1 aliphatic heterocycles. The van der Waals surface area contributed by atoms with Crippen molar-refractivity contribution >= 4 is 62.1 Å². The number of likely N-dealkylation sites (N-methyl/N-ethyl adjacent to an activating group) is 1. The van der Waals surface area contributed by atoms with E-state index >= 15 is 0 Å². The van der Waals surface area contributed by atoms with Crippen molar-refractivity contribution in [3.63, 3.8) is 0 Å².